The molecule has 212 valence electrons. The van der Waals surface area contributed by atoms with Crippen molar-refractivity contribution >= 4 is 29.7 Å². The summed E-state index contributed by atoms with van der Waals surface area (Å²) < 4.78 is 0. The Bertz CT molecular complexity index is 966. The van der Waals surface area contributed by atoms with E-state index in [0.29, 0.717) is 12.0 Å². The molecule has 8 N–H and O–H groups in total. The number of carbonyl (C=O) groups excluding carboxylic acids is 3. The third kappa shape index (κ3) is 11.2. The number of benzene rings is 1. The van der Waals surface area contributed by atoms with Gasteiger partial charge in [-0.05, 0) is 48.8 Å². The molecule has 0 heterocycles. The molecule has 1 aromatic rings. The molecule has 0 radical (unpaired) electrons. The largest absolute Gasteiger partial charge is 0.508 e. The van der Waals surface area contributed by atoms with E-state index in [1.54, 1.807) is 32.9 Å². The molecule has 0 aliphatic carbocycles. The van der Waals surface area contributed by atoms with Gasteiger partial charge in [0, 0.05) is 6.42 Å². The van der Waals surface area contributed by atoms with Crippen molar-refractivity contribution < 1.29 is 39.3 Å². The molecule has 3 amide bonds. The molecule has 12 heteroatoms. The molecule has 1 aromatic carbocycles. The average molecular weight is 537 g/mol. The van der Waals surface area contributed by atoms with E-state index in [1.807, 2.05) is 6.92 Å². The van der Waals surface area contributed by atoms with Crippen LogP contribution >= 0.6 is 0 Å². The summed E-state index contributed by atoms with van der Waals surface area (Å²) in [6, 6.07) is 1.55. The van der Waals surface area contributed by atoms with Crippen LogP contribution in [0.15, 0.2) is 24.3 Å². The van der Waals surface area contributed by atoms with Gasteiger partial charge in [-0.15, -0.1) is 0 Å². The molecule has 5 atom stereocenters. The molecule has 0 aliphatic rings. The first-order chi connectivity index (χ1) is 17.7. The van der Waals surface area contributed by atoms with Crippen LogP contribution in [0.3, 0.4) is 0 Å². The summed E-state index contributed by atoms with van der Waals surface area (Å²) in [4.78, 5) is 61.7. The number of carboxylic acid groups (broad SMARTS) is 2. The van der Waals surface area contributed by atoms with Crippen LogP contribution in [-0.2, 0) is 30.4 Å². The van der Waals surface area contributed by atoms with Crippen LogP contribution in [0.5, 0.6) is 5.75 Å². The van der Waals surface area contributed by atoms with E-state index >= 15 is 0 Å². The Kier molecular flexibility index (Phi) is 13.2. The Hall–Kier alpha value is -3.67. The van der Waals surface area contributed by atoms with Crippen LogP contribution in [0.2, 0.25) is 0 Å². The van der Waals surface area contributed by atoms with Gasteiger partial charge in [-0.2, -0.15) is 0 Å². The van der Waals surface area contributed by atoms with Crippen molar-refractivity contribution in [3.8, 4) is 5.75 Å². The minimum atomic E-state index is -1.33. The fourth-order valence-electron chi connectivity index (χ4n) is 3.70. The van der Waals surface area contributed by atoms with E-state index < -0.39 is 60.2 Å². The van der Waals surface area contributed by atoms with Gasteiger partial charge in [0.15, 0.2) is 0 Å². The van der Waals surface area contributed by atoms with Crippen molar-refractivity contribution in [1.82, 2.24) is 16.0 Å². The zero-order chi connectivity index (χ0) is 29.0. The quantitative estimate of drug-likeness (QED) is 0.159. The number of hydrogen-bond acceptors (Lipinski definition) is 7. The third-order valence-electron chi connectivity index (χ3n) is 6.12. The van der Waals surface area contributed by atoms with Crippen molar-refractivity contribution in [3.63, 3.8) is 0 Å². The summed E-state index contributed by atoms with van der Waals surface area (Å²) in [5.74, 6) is -4.93. The summed E-state index contributed by atoms with van der Waals surface area (Å²) in [6.45, 7) is 7.12. The maximum Gasteiger partial charge on any atom is 0.326 e. The van der Waals surface area contributed by atoms with Crippen LogP contribution in [0.1, 0.15) is 58.9 Å². The number of phenolic OH excluding ortho intramolecular Hbond substituents is 1. The fourth-order valence-corrected chi connectivity index (χ4v) is 3.70. The molecule has 0 saturated carbocycles. The summed E-state index contributed by atoms with van der Waals surface area (Å²) in [7, 11) is 0. The predicted molar refractivity (Wildman–Crippen MR) is 139 cm³/mol. The van der Waals surface area contributed by atoms with E-state index in [-0.39, 0.29) is 36.8 Å². The zero-order valence-corrected chi connectivity index (χ0v) is 22.3. The smallest absolute Gasteiger partial charge is 0.326 e. The minimum absolute atomic E-state index is 0.0424. The van der Waals surface area contributed by atoms with Gasteiger partial charge < -0.3 is 37.0 Å². The van der Waals surface area contributed by atoms with Crippen molar-refractivity contribution in [2.24, 2.45) is 17.6 Å². The maximum atomic E-state index is 13.2. The second kappa shape index (κ2) is 15.6. The number of aromatic hydroxyl groups is 1. The van der Waals surface area contributed by atoms with E-state index in [2.05, 4.69) is 16.0 Å². The lowest BCUT2D eigenvalue weighted by Gasteiger charge is -2.28. The standard InChI is InChI=1S/C26H40N4O8/c1-5-15(4)22(30-23(34)18(27)13-16-6-8-17(31)9-7-16)25(36)28-19(10-11-21(32)33)24(35)29-20(26(37)38)12-14(2)3/h6-9,14-15,18-20,22,31H,5,10-13,27H2,1-4H3,(H,28,36)(H,29,35)(H,30,34)(H,32,33)(H,37,38). The highest BCUT2D eigenvalue weighted by molar-refractivity contribution is 5.94. The predicted octanol–water partition coefficient (Wildman–Crippen LogP) is 0.758. The second-order valence-corrected chi connectivity index (χ2v) is 9.87. The molecule has 0 aliphatic heterocycles. The van der Waals surface area contributed by atoms with Crippen LogP contribution < -0.4 is 21.7 Å². The Morgan fingerprint density at radius 2 is 1.45 bits per heavy atom. The fraction of sp³-hybridized carbons (Fsp3) is 0.577. The summed E-state index contributed by atoms with van der Waals surface area (Å²) in [6.07, 6.45) is 0.0653. The van der Waals surface area contributed by atoms with Crippen molar-refractivity contribution in [2.75, 3.05) is 0 Å². The lowest BCUT2D eigenvalue weighted by atomic mass is 9.96. The van der Waals surface area contributed by atoms with Gasteiger partial charge in [-0.25, -0.2) is 4.79 Å². The number of rotatable bonds is 16. The normalized spacial score (nSPS) is 15.0. The van der Waals surface area contributed by atoms with Gasteiger partial charge in [-0.3, -0.25) is 19.2 Å². The van der Waals surface area contributed by atoms with E-state index in [1.165, 1.54) is 12.1 Å². The highest BCUT2D eigenvalue weighted by atomic mass is 16.4. The van der Waals surface area contributed by atoms with Crippen LogP contribution in [-0.4, -0.2) is 69.1 Å². The molecular formula is C26H40N4O8. The highest BCUT2D eigenvalue weighted by Crippen LogP contribution is 2.13. The average Bonchev–Trinajstić information content (AvgIpc) is 2.84. The number of phenols is 1. The number of aliphatic carboxylic acids is 2. The Balaban J connectivity index is 3.02. The van der Waals surface area contributed by atoms with E-state index in [9.17, 15) is 34.2 Å². The van der Waals surface area contributed by atoms with Crippen LogP contribution in [0, 0.1) is 11.8 Å². The molecule has 0 aromatic heterocycles. The molecule has 0 spiro atoms. The molecule has 38 heavy (non-hydrogen) atoms. The molecule has 12 nitrogen and oxygen atoms in total. The van der Waals surface area contributed by atoms with Gasteiger partial charge in [-0.1, -0.05) is 46.2 Å². The third-order valence-corrected chi connectivity index (χ3v) is 6.12. The monoisotopic (exact) mass is 536 g/mol. The number of amides is 3. The van der Waals surface area contributed by atoms with E-state index in [4.69, 9.17) is 10.8 Å². The first-order valence-electron chi connectivity index (χ1n) is 12.6. The van der Waals surface area contributed by atoms with E-state index in [0.717, 1.165) is 0 Å². The number of carbonyl (C=O) groups is 5. The number of carboxylic acids is 2. The summed E-state index contributed by atoms with van der Waals surface area (Å²) in [5, 5.41) is 35.5. The second-order valence-electron chi connectivity index (χ2n) is 9.87. The van der Waals surface area contributed by atoms with Gasteiger partial charge in [0.2, 0.25) is 17.7 Å². The van der Waals surface area contributed by atoms with Crippen molar-refractivity contribution in [1.29, 1.82) is 0 Å². The molecule has 0 saturated heterocycles. The first-order valence-corrected chi connectivity index (χ1v) is 12.6. The molecule has 5 unspecified atom stereocenters. The first kappa shape index (κ1) is 32.4. The zero-order valence-electron chi connectivity index (χ0n) is 22.3. The Morgan fingerprint density at radius 3 is 1.95 bits per heavy atom. The molecule has 0 bridgehead atoms. The van der Waals surface area contributed by atoms with Gasteiger partial charge >= 0.3 is 11.9 Å². The SMILES string of the molecule is CCC(C)C(NC(=O)C(N)Cc1ccc(O)cc1)C(=O)NC(CCC(=O)O)C(=O)NC(CC(C)C)C(=O)O. The van der Waals surface area contributed by atoms with Crippen molar-refractivity contribution in [3.05, 3.63) is 29.8 Å². The summed E-state index contributed by atoms with van der Waals surface area (Å²) >= 11 is 0. The van der Waals surface area contributed by atoms with Crippen LogP contribution in [0.4, 0.5) is 0 Å². The molecule has 1 rings (SSSR count). The number of nitrogens with two attached hydrogens (primary N) is 1. The minimum Gasteiger partial charge on any atom is -0.508 e. The van der Waals surface area contributed by atoms with Crippen molar-refractivity contribution in [2.45, 2.75) is 84.0 Å². The van der Waals surface area contributed by atoms with Gasteiger partial charge in [0.05, 0.1) is 6.04 Å². The number of nitrogens with one attached hydrogen (secondary N) is 3. The molecule has 0 fully saturated rings. The maximum absolute atomic E-state index is 13.2. The van der Waals surface area contributed by atoms with Gasteiger partial charge in [0.25, 0.3) is 0 Å². The lowest BCUT2D eigenvalue weighted by Crippen LogP contribution is -2.58. The topological polar surface area (TPSA) is 208 Å². The van der Waals surface area contributed by atoms with Crippen LogP contribution in [0.25, 0.3) is 0 Å². The lowest BCUT2D eigenvalue weighted by molar-refractivity contribution is -0.143. The highest BCUT2D eigenvalue weighted by Gasteiger charge is 2.32. The Morgan fingerprint density at radius 1 is 0.868 bits per heavy atom. The molecular weight excluding hydrogens is 496 g/mol. The Labute approximate surface area is 222 Å². The summed E-state index contributed by atoms with van der Waals surface area (Å²) in [5.41, 5.74) is 6.74. The number of hydrogen-bond donors (Lipinski definition) is 7. The van der Waals surface area contributed by atoms with Gasteiger partial charge in [0.1, 0.15) is 23.9 Å².